The number of nitrogens with zero attached hydrogens (tertiary/aromatic N) is 4. The van der Waals surface area contributed by atoms with Crippen molar-refractivity contribution in [3.8, 4) is 5.88 Å². The number of ether oxygens (including phenoxy) is 1. The van der Waals surface area contributed by atoms with Crippen LogP contribution in [-0.4, -0.2) is 49.1 Å². The molecule has 1 saturated heterocycles. The van der Waals surface area contributed by atoms with Gasteiger partial charge in [0.15, 0.2) is 5.96 Å². The van der Waals surface area contributed by atoms with Crippen LogP contribution >= 0.6 is 11.6 Å². The molecule has 25 heavy (non-hydrogen) atoms. The number of rotatable bonds is 4. The molecular weight excluding hydrogens is 338 g/mol. The molecule has 0 atom stereocenters. The number of nitrogens with two attached hydrogens (primary N) is 1. The summed E-state index contributed by atoms with van der Waals surface area (Å²) in [7, 11) is 1.61. The predicted octanol–water partition coefficient (Wildman–Crippen LogP) is 2.38. The third-order valence-electron chi connectivity index (χ3n) is 4.25. The third-order valence-corrected chi connectivity index (χ3v) is 4.50. The first-order valence-corrected chi connectivity index (χ1v) is 8.58. The number of aromatic nitrogens is 1. The highest BCUT2D eigenvalue weighted by Crippen LogP contribution is 2.19. The fraction of sp³-hybridized carbons (Fsp3) is 0.333. The Hall–Kier alpha value is -2.47. The Bertz CT molecular complexity index is 727. The lowest BCUT2D eigenvalue weighted by molar-refractivity contribution is 0.379. The topological polar surface area (TPSA) is 67.0 Å². The number of aliphatic imine (C=N–C) groups is 1. The van der Waals surface area contributed by atoms with E-state index in [1.54, 1.807) is 13.3 Å². The van der Waals surface area contributed by atoms with E-state index >= 15 is 0 Å². The van der Waals surface area contributed by atoms with Gasteiger partial charge in [0.25, 0.3) is 0 Å². The van der Waals surface area contributed by atoms with Gasteiger partial charge in [-0.25, -0.2) is 9.98 Å². The minimum Gasteiger partial charge on any atom is -0.481 e. The van der Waals surface area contributed by atoms with Gasteiger partial charge in [-0.2, -0.15) is 0 Å². The lowest BCUT2D eigenvalue weighted by Gasteiger charge is -2.36. The van der Waals surface area contributed by atoms with E-state index in [0.29, 0.717) is 18.4 Å². The summed E-state index contributed by atoms with van der Waals surface area (Å²) in [5, 5.41) is 0.754. The van der Waals surface area contributed by atoms with Crippen LogP contribution in [0.5, 0.6) is 5.88 Å². The second-order valence-electron chi connectivity index (χ2n) is 5.80. The van der Waals surface area contributed by atoms with Gasteiger partial charge in [0.05, 0.1) is 13.7 Å². The molecule has 0 radical (unpaired) electrons. The van der Waals surface area contributed by atoms with Crippen LogP contribution in [0.4, 0.5) is 5.69 Å². The van der Waals surface area contributed by atoms with E-state index < -0.39 is 0 Å². The standard InChI is InChI=1S/C18H22ClN5O/c1-25-17-14(3-2-8-21-17)13-22-18(20)24-11-9-23(10-12-24)16-6-4-15(19)5-7-16/h2-8H,9-13H2,1H3,(H2,20,22). The molecule has 1 aromatic carbocycles. The zero-order valence-electron chi connectivity index (χ0n) is 14.2. The number of benzene rings is 1. The van der Waals surface area contributed by atoms with E-state index in [4.69, 9.17) is 22.1 Å². The van der Waals surface area contributed by atoms with Gasteiger partial charge >= 0.3 is 0 Å². The van der Waals surface area contributed by atoms with Gasteiger partial charge in [0.2, 0.25) is 5.88 Å². The molecule has 0 amide bonds. The van der Waals surface area contributed by atoms with Crippen LogP contribution < -0.4 is 15.4 Å². The molecule has 2 heterocycles. The number of pyridine rings is 1. The van der Waals surface area contributed by atoms with Gasteiger partial charge in [-0.3, -0.25) is 0 Å². The van der Waals surface area contributed by atoms with Crippen LogP contribution in [-0.2, 0) is 6.54 Å². The van der Waals surface area contributed by atoms with Gasteiger partial charge in [0.1, 0.15) is 0 Å². The molecule has 7 heteroatoms. The molecule has 132 valence electrons. The molecule has 0 unspecified atom stereocenters. The maximum Gasteiger partial charge on any atom is 0.218 e. The summed E-state index contributed by atoms with van der Waals surface area (Å²) in [6.07, 6.45) is 1.70. The summed E-state index contributed by atoms with van der Waals surface area (Å²) in [5.41, 5.74) is 8.27. The van der Waals surface area contributed by atoms with E-state index in [1.165, 1.54) is 5.69 Å². The van der Waals surface area contributed by atoms with Crippen LogP contribution in [0.2, 0.25) is 5.02 Å². The first-order valence-electron chi connectivity index (χ1n) is 8.20. The number of hydrogen-bond donors (Lipinski definition) is 1. The van der Waals surface area contributed by atoms with E-state index in [9.17, 15) is 0 Å². The van der Waals surface area contributed by atoms with Gasteiger partial charge < -0.3 is 20.3 Å². The molecule has 1 aliphatic rings. The van der Waals surface area contributed by atoms with E-state index in [0.717, 1.165) is 36.8 Å². The quantitative estimate of drug-likeness (QED) is 0.670. The average Bonchev–Trinajstić information content (AvgIpc) is 2.67. The molecule has 3 rings (SSSR count). The Morgan fingerprint density at radius 1 is 1.20 bits per heavy atom. The highest BCUT2D eigenvalue weighted by atomic mass is 35.5. The fourth-order valence-corrected chi connectivity index (χ4v) is 2.97. The summed E-state index contributed by atoms with van der Waals surface area (Å²) in [6, 6.07) is 11.7. The Kier molecular flexibility index (Phi) is 5.60. The van der Waals surface area contributed by atoms with Crippen molar-refractivity contribution >= 4 is 23.2 Å². The number of piperazine rings is 1. The Balaban J connectivity index is 1.57. The van der Waals surface area contributed by atoms with Crippen LogP contribution in [0.15, 0.2) is 47.6 Å². The predicted molar refractivity (Wildman–Crippen MR) is 101 cm³/mol. The molecule has 0 spiro atoms. The summed E-state index contributed by atoms with van der Waals surface area (Å²) in [4.78, 5) is 13.1. The SMILES string of the molecule is COc1ncccc1CN=C(N)N1CCN(c2ccc(Cl)cc2)CC1. The van der Waals surface area contributed by atoms with Gasteiger partial charge in [-0.05, 0) is 30.3 Å². The third kappa shape index (κ3) is 4.33. The van der Waals surface area contributed by atoms with Crippen molar-refractivity contribution in [1.82, 2.24) is 9.88 Å². The maximum absolute atomic E-state index is 6.17. The van der Waals surface area contributed by atoms with E-state index in [-0.39, 0.29) is 0 Å². The average molecular weight is 360 g/mol. The first-order chi connectivity index (χ1) is 12.2. The molecule has 0 bridgehead atoms. The molecule has 0 aliphatic carbocycles. The van der Waals surface area contributed by atoms with Crippen LogP contribution in [0.1, 0.15) is 5.56 Å². The van der Waals surface area contributed by atoms with E-state index in [1.807, 2.05) is 36.4 Å². The second kappa shape index (κ2) is 8.07. The van der Waals surface area contributed by atoms with Gasteiger partial charge in [-0.1, -0.05) is 17.7 Å². The highest BCUT2D eigenvalue weighted by molar-refractivity contribution is 6.30. The summed E-state index contributed by atoms with van der Waals surface area (Å²) >= 11 is 5.95. The van der Waals surface area contributed by atoms with Crippen molar-refractivity contribution < 1.29 is 4.74 Å². The van der Waals surface area contributed by atoms with E-state index in [2.05, 4.69) is 19.8 Å². The van der Waals surface area contributed by atoms with Gasteiger partial charge in [-0.15, -0.1) is 0 Å². The van der Waals surface area contributed by atoms with Crippen LogP contribution in [0, 0.1) is 0 Å². The molecule has 1 aliphatic heterocycles. The van der Waals surface area contributed by atoms with Crippen molar-refractivity contribution in [3.05, 3.63) is 53.2 Å². The monoisotopic (exact) mass is 359 g/mol. The lowest BCUT2D eigenvalue weighted by Crippen LogP contribution is -2.51. The van der Waals surface area contributed by atoms with Crippen molar-refractivity contribution in [3.63, 3.8) is 0 Å². The zero-order chi connectivity index (χ0) is 17.6. The smallest absolute Gasteiger partial charge is 0.218 e. The molecule has 2 aromatic rings. The number of anilines is 1. The molecule has 1 aromatic heterocycles. The number of methoxy groups -OCH3 is 1. The maximum atomic E-state index is 6.17. The molecule has 1 fully saturated rings. The van der Waals surface area contributed by atoms with Crippen LogP contribution in [0.25, 0.3) is 0 Å². The van der Waals surface area contributed by atoms with Crippen molar-refractivity contribution in [1.29, 1.82) is 0 Å². The Morgan fingerprint density at radius 2 is 1.92 bits per heavy atom. The zero-order valence-corrected chi connectivity index (χ0v) is 15.0. The molecule has 0 saturated carbocycles. The van der Waals surface area contributed by atoms with Crippen molar-refractivity contribution in [2.24, 2.45) is 10.7 Å². The summed E-state index contributed by atoms with van der Waals surface area (Å²) < 4.78 is 5.24. The van der Waals surface area contributed by atoms with Crippen molar-refractivity contribution in [2.75, 3.05) is 38.2 Å². The first kappa shape index (κ1) is 17.4. The van der Waals surface area contributed by atoms with Crippen molar-refractivity contribution in [2.45, 2.75) is 6.54 Å². The van der Waals surface area contributed by atoms with Gasteiger partial charge in [0, 0.05) is 48.6 Å². The molecule has 6 nitrogen and oxygen atoms in total. The minimum absolute atomic E-state index is 0.459. The Labute approximate surface area is 152 Å². The molecule has 2 N–H and O–H groups in total. The number of hydrogen-bond acceptors (Lipinski definition) is 4. The lowest BCUT2D eigenvalue weighted by atomic mass is 10.2. The summed E-state index contributed by atoms with van der Waals surface area (Å²) in [6.45, 7) is 3.92. The van der Waals surface area contributed by atoms with Crippen LogP contribution in [0.3, 0.4) is 0 Å². The fourth-order valence-electron chi connectivity index (χ4n) is 2.84. The highest BCUT2D eigenvalue weighted by Gasteiger charge is 2.18. The minimum atomic E-state index is 0.459. The Morgan fingerprint density at radius 3 is 2.60 bits per heavy atom. The summed E-state index contributed by atoms with van der Waals surface area (Å²) in [5.74, 6) is 1.15. The largest absolute Gasteiger partial charge is 0.481 e. The molecular formula is C18H22ClN5O. The normalized spacial score (nSPS) is 15.4. The number of halogens is 1. The second-order valence-corrected chi connectivity index (χ2v) is 6.23. The number of guanidine groups is 1.